The van der Waals surface area contributed by atoms with E-state index in [1.54, 1.807) is 36.4 Å². The second-order valence-electron chi connectivity index (χ2n) is 20.5. The van der Waals surface area contributed by atoms with Gasteiger partial charge in [-0.25, -0.2) is 21.2 Å². The number of halogens is 4. The summed E-state index contributed by atoms with van der Waals surface area (Å²) < 4.78 is 121. The van der Waals surface area contributed by atoms with Gasteiger partial charge in [-0.15, -0.1) is 11.8 Å². The van der Waals surface area contributed by atoms with E-state index in [9.17, 15) is 39.2 Å². The number of hydrogen-bond acceptors (Lipinski definition) is 13. The van der Waals surface area contributed by atoms with E-state index in [0.29, 0.717) is 89.4 Å². The van der Waals surface area contributed by atoms with Crippen LogP contribution in [0.1, 0.15) is 28.9 Å². The molecule has 0 aliphatic carbocycles. The Morgan fingerprint density at radius 2 is 1.38 bits per heavy atom. The van der Waals surface area contributed by atoms with Crippen LogP contribution in [0.3, 0.4) is 0 Å². The third kappa shape index (κ3) is 14.1. The molecule has 3 aliphatic heterocycles. The predicted octanol–water partition coefficient (Wildman–Crippen LogP) is 8.89. The van der Waals surface area contributed by atoms with E-state index in [-0.39, 0.29) is 23.1 Å². The molecular formula is C58H69F4N9O6S3. The van der Waals surface area contributed by atoms with Gasteiger partial charge in [0.1, 0.15) is 10.7 Å². The maximum Gasteiger partial charge on any atom is 0.501 e. The zero-order chi connectivity index (χ0) is 56.6. The van der Waals surface area contributed by atoms with Crippen molar-refractivity contribution in [2.24, 2.45) is 7.05 Å². The first-order valence-electron chi connectivity index (χ1n) is 26.9. The number of rotatable bonds is 21. The number of amides is 1. The number of piperazine rings is 2. The van der Waals surface area contributed by atoms with E-state index < -0.39 is 41.2 Å². The number of morpholine rings is 1. The molecule has 9 rings (SSSR count). The van der Waals surface area contributed by atoms with Gasteiger partial charge in [0.25, 0.3) is 25.8 Å². The first-order chi connectivity index (χ1) is 38.3. The number of aromatic nitrogens is 1. The van der Waals surface area contributed by atoms with Gasteiger partial charge in [-0.1, -0.05) is 30.3 Å². The van der Waals surface area contributed by atoms with Crippen molar-refractivity contribution >= 4 is 60.3 Å². The SMILES string of the molecule is Cc1c(C(=O)NCCCN2CCN(C)CC2)c(-c2cccc(N3CCN(c4ccc(NS(=O)(=O)c5ccc(N[C@H](CCN6CCOCC6)CSc6ccccc6)c(S(=O)(=O)C(F)(F)F)c5)cc4)CC3)c2)c(-c2ccc(F)cc2)n1C. The van der Waals surface area contributed by atoms with Gasteiger partial charge in [-0.3, -0.25) is 14.4 Å². The fraction of sp³-hybridized carbons (Fsp3) is 0.397. The lowest BCUT2D eigenvalue weighted by Gasteiger charge is -2.37. The first kappa shape index (κ1) is 58.5. The van der Waals surface area contributed by atoms with Crippen LogP contribution in [0, 0.1) is 12.7 Å². The number of carbonyl (C=O) groups excluding carboxylic acids is 1. The van der Waals surface area contributed by atoms with Crippen LogP contribution >= 0.6 is 11.8 Å². The summed E-state index contributed by atoms with van der Waals surface area (Å²) >= 11 is 1.47. The monoisotopic (exact) mass is 1160 g/mol. The van der Waals surface area contributed by atoms with Crippen LogP contribution in [-0.4, -0.2) is 165 Å². The third-order valence-corrected chi connectivity index (χ3v) is 19.2. The molecule has 5 aromatic carbocycles. The molecule has 3 aliphatic rings. The van der Waals surface area contributed by atoms with Crippen LogP contribution in [0.25, 0.3) is 22.4 Å². The molecule has 0 bridgehead atoms. The van der Waals surface area contributed by atoms with Crippen molar-refractivity contribution in [3.05, 3.63) is 138 Å². The standard InChI is InChI=1S/C58H69F4N9O6S3/c1-42-54(57(72)63-24-8-25-68-29-27-66(2)28-30-68)55(56(67(42)3)43-13-15-45(59)16-14-43)44-9-7-10-49(39-44)71-33-31-70(32-34-71)48-19-17-46(18-20-48)65-80(75,76)51-21-22-52(53(40-51)79(73,74)58(60,61)62)64-47(23-26-69-35-37-77-38-36-69)41-78-50-11-5-4-6-12-50/h4-7,9-22,39-40,47,64-65H,8,23-38,41H2,1-3H3,(H,63,72)/t47-/m1/s1. The zero-order valence-electron chi connectivity index (χ0n) is 45.2. The number of benzene rings is 5. The molecule has 3 saturated heterocycles. The highest BCUT2D eigenvalue weighted by Crippen LogP contribution is 2.41. The van der Waals surface area contributed by atoms with Gasteiger partial charge in [0.05, 0.1) is 35.1 Å². The molecule has 3 fully saturated rings. The van der Waals surface area contributed by atoms with Gasteiger partial charge in [0, 0.05) is 131 Å². The second-order valence-corrected chi connectivity index (χ2v) is 25.2. The van der Waals surface area contributed by atoms with Gasteiger partial charge in [0.2, 0.25) is 0 Å². The number of thioether (sulfide) groups is 1. The lowest BCUT2D eigenvalue weighted by Crippen LogP contribution is -2.46. The number of sulfone groups is 1. The number of anilines is 4. The Balaban J connectivity index is 0.874. The van der Waals surface area contributed by atoms with Crippen molar-refractivity contribution in [2.75, 3.05) is 131 Å². The smallest absolute Gasteiger partial charge is 0.380 e. The minimum absolute atomic E-state index is 0.127. The summed E-state index contributed by atoms with van der Waals surface area (Å²) in [6.45, 7) is 13.0. The molecule has 4 heterocycles. The Morgan fingerprint density at radius 3 is 2.05 bits per heavy atom. The minimum atomic E-state index is -6.02. The molecule has 6 aromatic rings. The van der Waals surface area contributed by atoms with Gasteiger partial charge in [-0.2, -0.15) is 13.2 Å². The second kappa shape index (κ2) is 25.8. The van der Waals surface area contributed by atoms with Crippen molar-refractivity contribution in [3.63, 3.8) is 0 Å². The average molecular weight is 1160 g/mol. The van der Waals surface area contributed by atoms with E-state index in [1.165, 1.54) is 23.9 Å². The molecule has 428 valence electrons. The average Bonchev–Trinajstić information content (AvgIpc) is 3.81. The van der Waals surface area contributed by atoms with Crippen LogP contribution < -0.4 is 25.2 Å². The fourth-order valence-electron chi connectivity index (χ4n) is 10.4. The highest BCUT2D eigenvalue weighted by molar-refractivity contribution is 7.99. The number of carbonyl (C=O) groups is 1. The summed E-state index contributed by atoms with van der Waals surface area (Å²) in [6, 6.07) is 32.7. The largest absolute Gasteiger partial charge is 0.501 e. The summed E-state index contributed by atoms with van der Waals surface area (Å²) in [5.41, 5.74) is 0.377. The maximum absolute atomic E-state index is 14.3. The molecule has 0 saturated carbocycles. The quantitative estimate of drug-likeness (QED) is 0.0358. The van der Waals surface area contributed by atoms with Crippen LogP contribution in [-0.2, 0) is 31.6 Å². The Bertz CT molecular complexity index is 3290. The van der Waals surface area contributed by atoms with Crippen LogP contribution in [0.4, 0.5) is 40.3 Å². The molecule has 15 nitrogen and oxygen atoms in total. The molecule has 0 radical (unpaired) electrons. The van der Waals surface area contributed by atoms with Crippen LogP contribution in [0.2, 0.25) is 0 Å². The van der Waals surface area contributed by atoms with Crippen LogP contribution in [0.5, 0.6) is 0 Å². The van der Waals surface area contributed by atoms with Crippen molar-refractivity contribution in [2.45, 2.75) is 46.0 Å². The van der Waals surface area contributed by atoms with E-state index in [0.717, 1.165) is 95.6 Å². The Morgan fingerprint density at radius 1 is 0.713 bits per heavy atom. The third-order valence-electron chi connectivity index (χ3n) is 15.1. The van der Waals surface area contributed by atoms with Crippen molar-refractivity contribution in [1.82, 2.24) is 24.6 Å². The van der Waals surface area contributed by atoms with Crippen molar-refractivity contribution < 1.29 is 43.9 Å². The summed E-state index contributed by atoms with van der Waals surface area (Å²) in [6.07, 6.45) is 1.28. The number of ether oxygens (including phenoxy) is 1. The number of hydrogen-bond donors (Lipinski definition) is 3. The Hall–Kier alpha value is -6.14. The molecule has 1 atom stereocenters. The molecule has 0 unspecified atom stereocenters. The summed E-state index contributed by atoms with van der Waals surface area (Å²) in [7, 11) is -6.56. The normalized spacial score (nSPS) is 16.6. The lowest BCUT2D eigenvalue weighted by atomic mass is 9.95. The predicted molar refractivity (Wildman–Crippen MR) is 310 cm³/mol. The molecule has 1 amide bonds. The maximum atomic E-state index is 14.3. The van der Waals surface area contributed by atoms with Crippen molar-refractivity contribution in [1.29, 1.82) is 0 Å². The molecular weight excluding hydrogens is 1090 g/mol. The zero-order valence-corrected chi connectivity index (χ0v) is 47.7. The topological polar surface area (TPSA) is 152 Å². The van der Waals surface area contributed by atoms with E-state index in [4.69, 9.17) is 4.74 Å². The fourth-order valence-corrected chi connectivity index (χ4v) is 13.5. The van der Waals surface area contributed by atoms with Gasteiger partial charge < -0.3 is 39.5 Å². The Labute approximate surface area is 471 Å². The van der Waals surface area contributed by atoms with Gasteiger partial charge in [0.15, 0.2) is 0 Å². The van der Waals surface area contributed by atoms with E-state index in [1.807, 2.05) is 67.1 Å². The highest BCUT2D eigenvalue weighted by Gasteiger charge is 2.48. The number of likely N-dealkylation sites (N-methyl/N-ethyl adjacent to an activating group) is 1. The van der Waals surface area contributed by atoms with E-state index >= 15 is 0 Å². The minimum Gasteiger partial charge on any atom is -0.380 e. The van der Waals surface area contributed by atoms with E-state index in [2.05, 4.69) is 53.0 Å². The highest BCUT2D eigenvalue weighted by atomic mass is 32.2. The molecule has 80 heavy (non-hydrogen) atoms. The number of sulfonamides is 1. The number of alkyl halides is 3. The molecule has 22 heteroatoms. The number of nitrogens with zero attached hydrogens (tertiary/aromatic N) is 6. The molecule has 1 aromatic heterocycles. The number of nitrogens with one attached hydrogen (secondary N) is 3. The van der Waals surface area contributed by atoms with Crippen molar-refractivity contribution in [3.8, 4) is 22.4 Å². The first-order valence-corrected chi connectivity index (χ1v) is 30.9. The summed E-state index contributed by atoms with van der Waals surface area (Å²) in [5, 5.41) is 6.24. The molecule has 0 spiro atoms. The summed E-state index contributed by atoms with van der Waals surface area (Å²) in [5.74, 6) is -0.136. The van der Waals surface area contributed by atoms with Gasteiger partial charge >= 0.3 is 5.51 Å². The molecule has 3 N–H and O–H groups in total. The lowest BCUT2D eigenvalue weighted by molar-refractivity contribution is -0.0435. The summed E-state index contributed by atoms with van der Waals surface area (Å²) in [4.78, 5) is 24.6. The van der Waals surface area contributed by atoms with Crippen LogP contribution in [0.15, 0.2) is 136 Å². The van der Waals surface area contributed by atoms with Gasteiger partial charge in [-0.05, 0) is 135 Å². The Kier molecular flexibility index (Phi) is 18.8.